The van der Waals surface area contributed by atoms with E-state index in [0.29, 0.717) is 5.75 Å². The van der Waals surface area contributed by atoms with Crippen molar-refractivity contribution in [3.8, 4) is 34.2 Å². The minimum Gasteiger partial charge on any atom is -0.494 e. The van der Waals surface area contributed by atoms with Gasteiger partial charge >= 0.3 is 0 Å². The van der Waals surface area contributed by atoms with E-state index in [-0.39, 0.29) is 5.69 Å². The van der Waals surface area contributed by atoms with Gasteiger partial charge in [0.25, 0.3) is 0 Å². The quantitative estimate of drug-likeness (QED) is 0.596. The molecule has 0 aliphatic rings. The Labute approximate surface area is 150 Å². The largest absolute Gasteiger partial charge is 0.494 e. The molecular weight excluding hydrogens is 324 g/mol. The molecule has 3 heterocycles. The lowest BCUT2D eigenvalue weighted by Crippen LogP contribution is -1.92. The maximum absolute atomic E-state index is 9.08. The molecule has 26 heavy (non-hydrogen) atoms. The number of ether oxygens (including phenoxy) is 1. The van der Waals surface area contributed by atoms with Gasteiger partial charge in [0, 0.05) is 46.3 Å². The van der Waals surface area contributed by atoms with E-state index in [2.05, 4.69) is 34.0 Å². The normalized spacial score (nSPS) is 10.7. The number of aromatic nitrogens is 3. The maximum atomic E-state index is 9.08. The van der Waals surface area contributed by atoms with Crippen molar-refractivity contribution in [1.82, 2.24) is 15.0 Å². The number of benzene rings is 1. The highest BCUT2D eigenvalue weighted by Gasteiger charge is 2.10. The SMILES string of the molecule is COc1cc(-c2ccc3[nH]c(-c4cnccc4C)cc3c2)cnc1C#N. The molecule has 0 bridgehead atoms. The van der Waals surface area contributed by atoms with Crippen molar-refractivity contribution in [2.24, 2.45) is 0 Å². The van der Waals surface area contributed by atoms with E-state index >= 15 is 0 Å². The molecule has 1 aromatic carbocycles. The third-order valence-corrected chi connectivity index (χ3v) is 4.46. The Morgan fingerprint density at radius 1 is 1.08 bits per heavy atom. The Bertz CT molecular complexity index is 1150. The van der Waals surface area contributed by atoms with Crippen molar-refractivity contribution in [2.45, 2.75) is 6.92 Å². The molecule has 0 atom stereocenters. The average Bonchev–Trinajstić information content (AvgIpc) is 3.10. The van der Waals surface area contributed by atoms with Crippen LogP contribution >= 0.6 is 0 Å². The van der Waals surface area contributed by atoms with Gasteiger partial charge in [-0.1, -0.05) is 6.07 Å². The van der Waals surface area contributed by atoms with Crippen molar-refractivity contribution < 1.29 is 4.74 Å². The van der Waals surface area contributed by atoms with Gasteiger partial charge in [0.15, 0.2) is 11.4 Å². The number of methoxy groups -OCH3 is 1. The highest BCUT2D eigenvalue weighted by Crippen LogP contribution is 2.31. The summed E-state index contributed by atoms with van der Waals surface area (Å²) in [4.78, 5) is 11.9. The number of nitrogens with zero attached hydrogens (tertiary/aromatic N) is 3. The van der Waals surface area contributed by atoms with Crippen LogP contribution in [0.4, 0.5) is 0 Å². The van der Waals surface area contributed by atoms with E-state index in [1.165, 1.54) is 5.56 Å². The predicted octanol–water partition coefficient (Wildman–Crippen LogP) is 4.48. The van der Waals surface area contributed by atoms with Gasteiger partial charge in [-0.3, -0.25) is 4.98 Å². The van der Waals surface area contributed by atoms with Crippen LogP contribution in [0.3, 0.4) is 0 Å². The van der Waals surface area contributed by atoms with E-state index < -0.39 is 0 Å². The zero-order valence-corrected chi connectivity index (χ0v) is 14.4. The van der Waals surface area contributed by atoms with Crippen LogP contribution in [0.5, 0.6) is 5.75 Å². The van der Waals surface area contributed by atoms with E-state index in [1.807, 2.05) is 36.5 Å². The Hall–Kier alpha value is -3.65. The molecule has 1 N–H and O–H groups in total. The lowest BCUT2D eigenvalue weighted by Gasteiger charge is -2.06. The van der Waals surface area contributed by atoms with Gasteiger partial charge < -0.3 is 9.72 Å². The smallest absolute Gasteiger partial charge is 0.182 e. The first-order valence-electron chi connectivity index (χ1n) is 8.18. The first kappa shape index (κ1) is 15.9. The number of hydrogen-bond acceptors (Lipinski definition) is 4. The summed E-state index contributed by atoms with van der Waals surface area (Å²) in [6, 6.07) is 14.2. The highest BCUT2D eigenvalue weighted by molar-refractivity contribution is 5.90. The number of nitriles is 1. The van der Waals surface area contributed by atoms with Crippen molar-refractivity contribution >= 4 is 10.9 Å². The van der Waals surface area contributed by atoms with Crippen molar-refractivity contribution in [3.63, 3.8) is 0 Å². The van der Waals surface area contributed by atoms with E-state index in [4.69, 9.17) is 10.00 Å². The predicted molar refractivity (Wildman–Crippen MR) is 101 cm³/mol. The second kappa shape index (κ2) is 6.34. The van der Waals surface area contributed by atoms with Gasteiger partial charge in [-0.25, -0.2) is 4.98 Å². The van der Waals surface area contributed by atoms with E-state index in [0.717, 1.165) is 33.3 Å². The first-order chi connectivity index (χ1) is 12.7. The summed E-state index contributed by atoms with van der Waals surface area (Å²) in [5, 5.41) is 10.2. The molecule has 0 radical (unpaired) electrons. The van der Waals surface area contributed by atoms with Gasteiger partial charge in [0.1, 0.15) is 6.07 Å². The van der Waals surface area contributed by atoms with Gasteiger partial charge in [0.05, 0.1) is 7.11 Å². The van der Waals surface area contributed by atoms with E-state index in [9.17, 15) is 0 Å². The molecular formula is C21H16N4O. The highest BCUT2D eigenvalue weighted by atomic mass is 16.5. The molecule has 5 heteroatoms. The second-order valence-corrected chi connectivity index (χ2v) is 6.06. The minimum atomic E-state index is 0.285. The molecule has 0 saturated carbocycles. The van der Waals surface area contributed by atoms with Crippen LogP contribution in [0.15, 0.2) is 55.0 Å². The number of aromatic amines is 1. The molecule has 0 amide bonds. The molecule has 0 aliphatic carbocycles. The number of fused-ring (bicyclic) bond motifs is 1. The Kier molecular flexibility index (Phi) is 3.86. The zero-order valence-electron chi connectivity index (χ0n) is 14.4. The number of rotatable bonds is 3. The van der Waals surface area contributed by atoms with Gasteiger partial charge in [-0.2, -0.15) is 5.26 Å². The second-order valence-electron chi connectivity index (χ2n) is 6.06. The molecule has 3 aromatic heterocycles. The number of aryl methyl sites for hydroxylation is 1. The molecule has 126 valence electrons. The van der Waals surface area contributed by atoms with Crippen molar-refractivity contribution in [1.29, 1.82) is 5.26 Å². The minimum absolute atomic E-state index is 0.285. The fraction of sp³-hybridized carbons (Fsp3) is 0.0952. The summed E-state index contributed by atoms with van der Waals surface area (Å²) in [5.41, 5.74) is 6.57. The van der Waals surface area contributed by atoms with Crippen molar-refractivity contribution in [3.05, 3.63) is 66.2 Å². The van der Waals surface area contributed by atoms with Crippen LogP contribution < -0.4 is 4.74 Å². The summed E-state index contributed by atoms with van der Waals surface area (Å²) < 4.78 is 5.26. The summed E-state index contributed by atoms with van der Waals surface area (Å²) in [6.45, 7) is 2.07. The lowest BCUT2D eigenvalue weighted by atomic mass is 10.0. The molecule has 0 aliphatic heterocycles. The van der Waals surface area contributed by atoms with Gasteiger partial charge in [0.2, 0.25) is 0 Å². The van der Waals surface area contributed by atoms with Gasteiger partial charge in [-0.15, -0.1) is 0 Å². The number of H-pyrrole nitrogens is 1. The monoisotopic (exact) mass is 340 g/mol. The molecule has 0 spiro atoms. The number of pyridine rings is 2. The van der Waals surface area contributed by atoms with Crippen LogP contribution in [0.25, 0.3) is 33.3 Å². The van der Waals surface area contributed by atoms with Crippen LogP contribution in [0.1, 0.15) is 11.3 Å². The molecule has 0 fully saturated rings. The molecule has 5 nitrogen and oxygen atoms in total. The first-order valence-corrected chi connectivity index (χ1v) is 8.18. The van der Waals surface area contributed by atoms with Crippen LogP contribution in [0.2, 0.25) is 0 Å². The number of hydrogen-bond donors (Lipinski definition) is 1. The lowest BCUT2D eigenvalue weighted by molar-refractivity contribution is 0.411. The Morgan fingerprint density at radius 3 is 2.73 bits per heavy atom. The summed E-state index contributed by atoms with van der Waals surface area (Å²) in [5.74, 6) is 0.478. The van der Waals surface area contributed by atoms with Crippen molar-refractivity contribution in [2.75, 3.05) is 7.11 Å². The topological polar surface area (TPSA) is 74.6 Å². The molecule has 4 aromatic rings. The maximum Gasteiger partial charge on any atom is 0.182 e. The fourth-order valence-corrected chi connectivity index (χ4v) is 3.05. The fourth-order valence-electron chi connectivity index (χ4n) is 3.05. The number of nitrogens with one attached hydrogen (secondary N) is 1. The van der Waals surface area contributed by atoms with Gasteiger partial charge in [-0.05, 0) is 48.4 Å². The average molecular weight is 340 g/mol. The summed E-state index contributed by atoms with van der Waals surface area (Å²) >= 11 is 0. The third kappa shape index (κ3) is 2.68. The van der Waals surface area contributed by atoms with Crippen LogP contribution in [-0.2, 0) is 0 Å². The summed E-state index contributed by atoms with van der Waals surface area (Å²) in [6.07, 6.45) is 5.36. The van der Waals surface area contributed by atoms with E-state index in [1.54, 1.807) is 19.5 Å². The standard InChI is InChI=1S/C21H16N4O/c1-13-5-6-23-12-17(13)19-8-15-7-14(3-4-18(15)25-19)16-9-21(26-2)20(10-22)24-11-16/h3-9,11-12,25H,1-2H3. The molecule has 0 saturated heterocycles. The van der Waals surface area contributed by atoms with Crippen LogP contribution in [0, 0.1) is 18.3 Å². The molecule has 4 rings (SSSR count). The zero-order chi connectivity index (χ0) is 18.1. The molecule has 0 unspecified atom stereocenters. The third-order valence-electron chi connectivity index (χ3n) is 4.46. The Balaban J connectivity index is 1.79. The van der Waals surface area contributed by atoms with Crippen LogP contribution in [-0.4, -0.2) is 22.1 Å². The Morgan fingerprint density at radius 2 is 1.96 bits per heavy atom. The summed E-state index contributed by atoms with van der Waals surface area (Å²) in [7, 11) is 1.54.